The fourth-order valence-corrected chi connectivity index (χ4v) is 1.80. The van der Waals surface area contributed by atoms with Gasteiger partial charge in [0.05, 0.1) is 4.92 Å². The molecule has 0 unspecified atom stereocenters. The lowest BCUT2D eigenvalue weighted by Gasteiger charge is -2.08. The summed E-state index contributed by atoms with van der Waals surface area (Å²) in [5, 5.41) is 34.2. The molecule has 0 fully saturated rings. The van der Waals surface area contributed by atoms with Gasteiger partial charge in [0, 0.05) is 23.6 Å². The minimum atomic E-state index is -0.504. The van der Waals surface area contributed by atoms with Gasteiger partial charge in [-0.1, -0.05) is 18.2 Å². The Morgan fingerprint density at radius 1 is 1.09 bits per heavy atom. The maximum Gasteiger partial charge on any atom is 0.294 e. The van der Waals surface area contributed by atoms with Gasteiger partial charge in [-0.15, -0.1) is 0 Å². The van der Waals surface area contributed by atoms with E-state index in [2.05, 4.69) is 10.6 Å². The normalized spacial score (nSPS) is 9.13. The van der Waals surface area contributed by atoms with Crippen LogP contribution in [0.15, 0.2) is 60.3 Å². The SMILES string of the molecule is N#CC(C#N)=CNc1ccc(Nc2ccccc2)c([N+](=O)[O-])c1. The Kier molecular flexibility index (Phi) is 4.90. The summed E-state index contributed by atoms with van der Waals surface area (Å²) < 4.78 is 0. The van der Waals surface area contributed by atoms with Crippen LogP contribution in [0.5, 0.6) is 0 Å². The maximum atomic E-state index is 11.2. The zero-order valence-electron chi connectivity index (χ0n) is 11.9. The number of nitro benzene ring substituents is 1. The van der Waals surface area contributed by atoms with E-state index in [9.17, 15) is 10.1 Å². The highest BCUT2D eigenvalue weighted by Crippen LogP contribution is 2.30. The lowest BCUT2D eigenvalue weighted by atomic mass is 10.2. The van der Waals surface area contributed by atoms with Crippen molar-refractivity contribution in [3.8, 4) is 12.1 Å². The monoisotopic (exact) mass is 305 g/mol. The van der Waals surface area contributed by atoms with Gasteiger partial charge in [-0.05, 0) is 24.3 Å². The number of benzene rings is 2. The Bertz CT molecular complexity index is 816. The first-order chi connectivity index (χ1) is 11.1. The largest absolute Gasteiger partial charge is 0.360 e. The van der Waals surface area contributed by atoms with Crippen LogP contribution in [0, 0.1) is 32.8 Å². The van der Waals surface area contributed by atoms with E-state index in [1.54, 1.807) is 36.4 Å². The van der Waals surface area contributed by atoms with Crippen LogP contribution >= 0.6 is 0 Å². The molecule has 2 rings (SSSR count). The zero-order chi connectivity index (χ0) is 16.7. The molecule has 2 aromatic rings. The van der Waals surface area contributed by atoms with Crippen molar-refractivity contribution < 1.29 is 4.92 Å². The van der Waals surface area contributed by atoms with Crippen molar-refractivity contribution in [3.63, 3.8) is 0 Å². The number of allylic oxidation sites excluding steroid dienone is 1. The maximum absolute atomic E-state index is 11.2. The Hall–Kier alpha value is -3.84. The number of nitrogens with zero attached hydrogens (tertiary/aromatic N) is 3. The second-order valence-corrected chi connectivity index (χ2v) is 4.41. The number of nitro groups is 1. The topological polar surface area (TPSA) is 115 Å². The van der Waals surface area contributed by atoms with Crippen LogP contribution in [0.25, 0.3) is 0 Å². The molecule has 0 aliphatic carbocycles. The fraction of sp³-hybridized carbons (Fsp3) is 0. The summed E-state index contributed by atoms with van der Waals surface area (Å²) in [7, 11) is 0. The predicted molar refractivity (Wildman–Crippen MR) is 85.8 cm³/mol. The van der Waals surface area contributed by atoms with E-state index in [1.165, 1.54) is 12.3 Å². The standard InChI is InChI=1S/C16H11N5O2/c17-9-12(10-18)11-19-14-6-7-15(16(8-14)21(22)23)20-13-4-2-1-3-5-13/h1-8,11,19-20H. The van der Waals surface area contributed by atoms with Crippen LogP contribution in [0.4, 0.5) is 22.7 Å². The lowest BCUT2D eigenvalue weighted by Crippen LogP contribution is -1.98. The first kappa shape index (κ1) is 15.5. The van der Waals surface area contributed by atoms with Crippen LogP contribution in [-0.4, -0.2) is 4.92 Å². The van der Waals surface area contributed by atoms with E-state index in [1.807, 2.05) is 18.2 Å². The summed E-state index contributed by atoms with van der Waals surface area (Å²) in [6.07, 6.45) is 1.20. The van der Waals surface area contributed by atoms with Gasteiger partial charge in [-0.3, -0.25) is 10.1 Å². The average molecular weight is 305 g/mol. The fourth-order valence-electron chi connectivity index (χ4n) is 1.80. The van der Waals surface area contributed by atoms with Gasteiger partial charge < -0.3 is 10.6 Å². The van der Waals surface area contributed by atoms with E-state index in [-0.39, 0.29) is 11.3 Å². The third kappa shape index (κ3) is 4.06. The number of para-hydroxylation sites is 1. The molecule has 0 radical (unpaired) electrons. The van der Waals surface area contributed by atoms with Crippen molar-refractivity contribution in [1.82, 2.24) is 0 Å². The molecule has 0 heterocycles. The van der Waals surface area contributed by atoms with E-state index in [0.29, 0.717) is 11.4 Å². The van der Waals surface area contributed by atoms with Gasteiger partial charge in [-0.25, -0.2) is 0 Å². The molecule has 2 aromatic carbocycles. The average Bonchev–Trinajstić information content (AvgIpc) is 2.57. The molecule has 0 aromatic heterocycles. The number of rotatable bonds is 5. The van der Waals surface area contributed by atoms with Crippen molar-refractivity contribution in [1.29, 1.82) is 10.5 Å². The first-order valence-electron chi connectivity index (χ1n) is 6.51. The summed E-state index contributed by atoms with van der Waals surface area (Å²) in [5.41, 5.74) is 1.23. The molecule has 0 saturated heterocycles. The summed E-state index contributed by atoms with van der Waals surface area (Å²) in [4.78, 5) is 10.7. The third-order valence-corrected chi connectivity index (χ3v) is 2.87. The van der Waals surface area contributed by atoms with Crippen LogP contribution < -0.4 is 10.6 Å². The van der Waals surface area contributed by atoms with Crippen LogP contribution in [0.1, 0.15) is 0 Å². The number of anilines is 3. The van der Waals surface area contributed by atoms with E-state index >= 15 is 0 Å². The van der Waals surface area contributed by atoms with Gasteiger partial charge >= 0.3 is 0 Å². The summed E-state index contributed by atoms with van der Waals surface area (Å²) >= 11 is 0. The summed E-state index contributed by atoms with van der Waals surface area (Å²) in [6, 6.07) is 17.0. The molecule has 2 N–H and O–H groups in total. The highest BCUT2D eigenvalue weighted by molar-refractivity contribution is 5.73. The molecule has 23 heavy (non-hydrogen) atoms. The van der Waals surface area contributed by atoms with Gasteiger partial charge in [0.25, 0.3) is 5.69 Å². The van der Waals surface area contributed by atoms with Crippen LogP contribution in [0.2, 0.25) is 0 Å². The molecular weight excluding hydrogens is 294 g/mol. The van der Waals surface area contributed by atoms with Crippen LogP contribution in [-0.2, 0) is 0 Å². The number of hydrogen-bond donors (Lipinski definition) is 2. The predicted octanol–water partition coefficient (Wildman–Crippen LogP) is 3.68. The molecular formula is C16H11N5O2. The van der Waals surface area contributed by atoms with Gasteiger partial charge in [-0.2, -0.15) is 10.5 Å². The molecule has 0 saturated carbocycles. The van der Waals surface area contributed by atoms with Crippen molar-refractivity contribution in [3.05, 3.63) is 70.4 Å². The Labute approximate surface area is 132 Å². The molecule has 0 bridgehead atoms. The molecule has 7 nitrogen and oxygen atoms in total. The second-order valence-electron chi connectivity index (χ2n) is 4.41. The number of nitrogens with one attached hydrogen (secondary N) is 2. The van der Waals surface area contributed by atoms with Gasteiger partial charge in [0.2, 0.25) is 0 Å². The van der Waals surface area contributed by atoms with Crippen LogP contribution in [0.3, 0.4) is 0 Å². The highest BCUT2D eigenvalue weighted by Gasteiger charge is 2.14. The van der Waals surface area contributed by atoms with Gasteiger partial charge in [0.1, 0.15) is 23.4 Å². The number of nitriles is 2. The number of hydrogen-bond acceptors (Lipinski definition) is 6. The Morgan fingerprint density at radius 3 is 2.39 bits per heavy atom. The smallest absolute Gasteiger partial charge is 0.294 e. The molecule has 0 amide bonds. The molecule has 7 heteroatoms. The molecule has 0 spiro atoms. The lowest BCUT2D eigenvalue weighted by molar-refractivity contribution is -0.383. The Morgan fingerprint density at radius 2 is 1.78 bits per heavy atom. The van der Waals surface area contributed by atoms with Gasteiger partial charge in [0.15, 0.2) is 0 Å². The molecule has 0 aliphatic rings. The first-order valence-corrected chi connectivity index (χ1v) is 6.51. The second kappa shape index (κ2) is 7.25. The Balaban J connectivity index is 2.29. The summed E-state index contributed by atoms with van der Waals surface area (Å²) in [5.74, 6) is 0. The minimum absolute atomic E-state index is 0.122. The molecule has 112 valence electrons. The quantitative estimate of drug-likeness (QED) is 0.494. The highest BCUT2D eigenvalue weighted by atomic mass is 16.6. The minimum Gasteiger partial charge on any atom is -0.360 e. The van der Waals surface area contributed by atoms with Crippen molar-refractivity contribution >= 4 is 22.7 Å². The van der Waals surface area contributed by atoms with E-state index in [4.69, 9.17) is 10.5 Å². The van der Waals surface area contributed by atoms with E-state index in [0.717, 1.165) is 5.69 Å². The van der Waals surface area contributed by atoms with Crippen molar-refractivity contribution in [2.75, 3.05) is 10.6 Å². The third-order valence-electron chi connectivity index (χ3n) is 2.87. The van der Waals surface area contributed by atoms with E-state index < -0.39 is 4.92 Å². The summed E-state index contributed by atoms with van der Waals surface area (Å²) in [6.45, 7) is 0. The zero-order valence-corrected chi connectivity index (χ0v) is 11.9. The molecule has 0 aliphatic heterocycles. The molecule has 0 atom stereocenters. The van der Waals surface area contributed by atoms with Crippen molar-refractivity contribution in [2.45, 2.75) is 0 Å². The van der Waals surface area contributed by atoms with Crippen molar-refractivity contribution in [2.24, 2.45) is 0 Å².